The van der Waals surface area contributed by atoms with Gasteiger partial charge in [-0.2, -0.15) is 0 Å². The molecule has 0 spiro atoms. The van der Waals surface area contributed by atoms with E-state index in [1.807, 2.05) is 4.90 Å². The molecular weight excluding hydrogens is 240 g/mol. The van der Waals surface area contributed by atoms with Crippen LogP contribution < -0.4 is 5.32 Å². The van der Waals surface area contributed by atoms with Gasteiger partial charge in [-0.05, 0) is 58.0 Å². The first-order chi connectivity index (χ1) is 9.31. The van der Waals surface area contributed by atoms with Crippen molar-refractivity contribution in [2.75, 3.05) is 19.6 Å². The third kappa shape index (κ3) is 4.37. The first-order valence-electron chi connectivity index (χ1n) is 7.99. The van der Waals surface area contributed by atoms with Crippen LogP contribution in [0.25, 0.3) is 0 Å². The Bertz CT molecular complexity index is 271. The lowest BCUT2D eigenvalue weighted by Crippen LogP contribution is -2.47. The first-order valence-corrected chi connectivity index (χ1v) is 7.99. The number of carbonyl (C=O) groups is 1. The van der Waals surface area contributed by atoms with E-state index >= 15 is 0 Å². The average molecular weight is 268 g/mol. The van der Waals surface area contributed by atoms with Crippen LogP contribution in [-0.2, 0) is 4.74 Å². The standard InChI is InChI=1S/C15H28N2O2/c1-2-12-17(13-8-10-16-11-9-13)15(18)19-14-6-4-3-5-7-14/h13-14,16H,2-12H2,1H3. The molecule has 2 aliphatic rings. The Labute approximate surface area is 116 Å². The number of nitrogens with one attached hydrogen (secondary N) is 1. The fraction of sp³-hybridized carbons (Fsp3) is 0.933. The van der Waals surface area contributed by atoms with Crippen LogP contribution in [0.3, 0.4) is 0 Å². The van der Waals surface area contributed by atoms with E-state index in [-0.39, 0.29) is 12.2 Å². The molecule has 1 N–H and O–H groups in total. The maximum atomic E-state index is 12.4. The molecule has 2 fully saturated rings. The molecule has 4 nitrogen and oxygen atoms in total. The van der Waals surface area contributed by atoms with Crippen LogP contribution in [0.5, 0.6) is 0 Å². The van der Waals surface area contributed by atoms with Gasteiger partial charge in [-0.25, -0.2) is 4.79 Å². The van der Waals surface area contributed by atoms with Gasteiger partial charge >= 0.3 is 6.09 Å². The lowest BCUT2D eigenvalue weighted by atomic mass is 9.98. The minimum absolute atomic E-state index is 0.0688. The Morgan fingerprint density at radius 1 is 1.16 bits per heavy atom. The highest BCUT2D eigenvalue weighted by Gasteiger charge is 2.28. The van der Waals surface area contributed by atoms with Crippen molar-refractivity contribution in [1.29, 1.82) is 0 Å². The van der Waals surface area contributed by atoms with Crippen molar-refractivity contribution in [2.45, 2.75) is 70.4 Å². The molecule has 2 rings (SSSR count). The fourth-order valence-corrected chi connectivity index (χ4v) is 3.18. The van der Waals surface area contributed by atoms with Gasteiger partial charge in [0.15, 0.2) is 0 Å². The summed E-state index contributed by atoms with van der Waals surface area (Å²) < 4.78 is 5.73. The smallest absolute Gasteiger partial charge is 0.410 e. The van der Waals surface area contributed by atoms with Crippen molar-refractivity contribution in [3.63, 3.8) is 0 Å². The van der Waals surface area contributed by atoms with Crippen LogP contribution in [-0.4, -0.2) is 42.8 Å². The summed E-state index contributed by atoms with van der Waals surface area (Å²) in [5.41, 5.74) is 0. The van der Waals surface area contributed by atoms with E-state index in [1.165, 1.54) is 19.3 Å². The van der Waals surface area contributed by atoms with Gasteiger partial charge in [0.1, 0.15) is 6.10 Å². The average Bonchev–Trinajstić information content (AvgIpc) is 2.46. The molecule has 0 radical (unpaired) electrons. The molecular formula is C15H28N2O2. The summed E-state index contributed by atoms with van der Waals surface area (Å²) in [5, 5.41) is 3.35. The molecule has 0 bridgehead atoms. The number of rotatable bonds is 4. The molecule has 0 aromatic carbocycles. The normalized spacial score (nSPS) is 22.2. The molecule has 1 saturated carbocycles. The number of piperidine rings is 1. The molecule has 0 unspecified atom stereocenters. The molecule has 19 heavy (non-hydrogen) atoms. The summed E-state index contributed by atoms with van der Waals surface area (Å²) in [4.78, 5) is 14.4. The Balaban J connectivity index is 1.87. The zero-order valence-electron chi connectivity index (χ0n) is 12.2. The zero-order chi connectivity index (χ0) is 13.5. The van der Waals surface area contributed by atoms with E-state index in [1.54, 1.807) is 0 Å². The molecule has 1 heterocycles. The topological polar surface area (TPSA) is 41.6 Å². The summed E-state index contributed by atoms with van der Waals surface area (Å²) in [6, 6.07) is 0.372. The first kappa shape index (κ1) is 14.6. The van der Waals surface area contributed by atoms with Gasteiger partial charge in [-0.3, -0.25) is 0 Å². The number of hydrogen-bond donors (Lipinski definition) is 1. The number of amides is 1. The van der Waals surface area contributed by atoms with Gasteiger partial charge in [0, 0.05) is 12.6 Å². The Hall–Kier alpha value is -0.770. The second-order valence-electron chi connectivity index (χ2n) is 5.82. The van der Waals surface area contributed by atoms with Gasteiger partial charge in [-0.1, -0.05) is 13.3 Å². The van der Waals surface area contributed by atoms with Crippen LogP contribution in [0.4, 0.5) is 4.79 Å². The SMILES string of the molecule is CCCN(C(=O)OC1CCCCC1)C1CCNCC1. The van der Waals surface area contributed by atoms with Crippen molar-refractivity contribution < 1.29 is 9.53 Å². The molecule has 0 atom stereocenters. The molecule has 4 heteroatoms. The Morgan fingerprint density at radius 3 is 2.47 bits per heavy atom. The lowest BCUT2D eigenvalue weighted by molar-refractivity contribution is 0.0318. The Kier molecular flexibility index (Phi) is 5.95. The minimum Gasteiger partial charge on any atom is -0.446 e. The zero-order valence-corrected chi connectivity index (χ0v) is 12.2. The predicted octanol–water partition coefficient (Wildman–Crippen LogP) is 2.92. The molecule has 1 amide bonds. The molecule has 110 valence electrons. The number of hydrogen-bond acceptors (Lipinski definition) is 3. The third-order valence-corrected chi connectivity index (χ3v) is 4.27. The fourth-order valence-electron chi connectivity index (χ4n) is 3.18. The van der Waals surface area contributed by atoms with Crippen LogP contribution in [0.1, 0.15) is 58.3 Å². The molecule has 1 saturated heterocycles. The van der Waals surface area contributed by atoms with Gasteiger partial charge in [0.2, 0.25) is 0 Å². The maximum absolute atomic E-state index is 12.4. The quantitative estimate of drug-likeness (QED) is 0.852. The van der Waals surface area contributed by atoms with Gasteiger partial charge in [0.05, 0.1) is 0 Å². The van der Waals surface area contributed by atoms with Crippen LogP contribution in [0, 0.1) is 0 Å². The summed E-state index contributed by atoms with van der Waals surface area (Å²) in [6.45, 7) is 4.99. The van der Waals surface area contributed by atoms with Gasteiger partial charge < -0.3 is 15.0 Å². The van der Waals surface area contributed by atoms with E-state index in [0.717, 1.165) is 51.7 Å². The van der Waals surface area contributed by atoms with Gasteiger partial charge in [-0.15, -0.1) is 0 Å². The third-order valence-electron chi connectivity index (χ3n) is 4.27. The van der Waals surface area contributed by atoms with Crippen LogP contribution in [0.15, 0.2) is 0 Å². The highest BCUT2D eigenvalue weighted by atomic mass is 16.6. The monoisotopic (exact) mass is 268 g/mol. The molecule has 0 aromatic heterocycles. The van der Waals surface area contributed by atoms with Crippen molar-refractivity contribution in [2.24, 2.45) is 0 Å². The second-order valence-corrected chi connectivity index (χ2v) is 5.82. The van der Waals surface area contributed by atoms with Crippen molar-refractivity contribution in [3.8, 4) is 0 Å². The number of nitrogens with zero attached hydrogens (tertiary/aromatic N) is 1. The summed E-state index contributed by atoms with van der Waals surface area (Å²) in [5.74, 6) is 0. The number of carbonyl (C=O) groups excluding carboxylic acids is 1. The van der Waals surface area contributed by atoms with E-state index in [0.29, 0.717) is 6.04 Å². The summed E-state index contributed by atoms with van der Waals surface area (Å²) in [7, 11) is 0. The highest BCUT2D eigenvalue weighted by molar-refractivity contribution is 5.68. The maximum Gasteiger partial charge on any atom is 0.410 e. The summed E-state index contributed by atoms with van der Waals surface area (Å²) in [6.07, 6.45) is 9.03. The van der Waals surface area contributed by atoms with Gasteiger partial charge in [0.25, 0.3) is 0 Å². The van der Waals surface area contributed by atoms with E-state index < -0.39 is 0 Å². The van der Waals surface area contributed by atoms with Crippen LogP contribution >= 0.6 is 0 Å². The Morgan fingerprint density at radius 2 is 1.84 bits per heavy atom. The summed E-state index contributed by atoms with van der Waals surface area (Å²) >= 11 is 0. The van der Waals surface area contributed by atoms with Crippen LogP contribution in [0.2, 0.25) is 0 Å². The van der Waals surface area contributed by atoms with Crippen molar-refractivity contribution >= 4 is 6.09 Å². The van der Waals surface area contributed by atoms with E-state index in [9.17, 15) is 4.79 Å². The second kappa shape index (κ2) is 7.73. The minimum atomic E-state index is -0.0688. The molecule has 1 aliphatic heterocycles. The lowest BCUT2D eigenvalue weighted by Gasteiger charge is -2.35. The van der Waals surface area contributed by atoms with E-state index in [2.05, 4.69) is 12.2 Å². The largest absolute Gasteiger partial charge is 0.446 e. The van der Waals surface area contributed by atoms with E-state index in [4.69, 9.17) is 4.74 Å². The molecule has 0 aromatic rings. The number of ether oxygens (including phenoxy) is 1. The molecule has 1 aliphatic carbocycles. The van der Waals surface area contributed by atoms with Crippen molar-refractivity contribution in [3.05, 3.63) is 0 Å². The van der Waals surface area contributed by atoms with Crippen molar-refractivity contribution in [1.82, 2.24) is 10.2 Å². The predicted molar refractivity (Wildman–Crippen MR) is 76.2 cm³/mol. The highest BCUT2D eigenvalue weighted by Crippen LogP contribution is 2.22.